The molecule has 6 heteroatoms. The molecule has 1 aliphatic heterocycles. The standard InChI is InChI=1S/C29H33N3O3/c1-3-35-26-16-10-9-15-25(26)30-29(34)28(23-12-5-4-6-13-23)32-19-17-31(18-20-32)27(33)21-24-14-8-7-11-22(24)2/h4-16,28H,3,17-21H2,1-2H3,(H,30,34). The van der Waals surface area contributed by atoms with E-state index in [1.54, 1.807) is 0 Å². The molecule has 3 aromatic rings. The van der Waals surface area contributed by atoms with Crippen LogP contribution < -0.4 is 10.1 Å². The van der Waals surface area contributed by atoms with E-state index < -0.39 is 6.04 Å². The van der Waals surface area contributed by atoms with Gasteiger partial charge < -0.3 is 15.0 Å². The number of piperazine rings is 1. The minimum Gasteiger partial charge on any atom is -0.492 e. The molecule has 0 aliphatic carbocycles. The highest BCUT2D eigenvalue weighted by Crippen LogP contribution is 2.28. The molecule has 1 heterocycles. The van der Waals surface area contributed by atoms with E-state index in [0.29, 0.717) is 50.6 Å². The van der Waals surface area contributed by atoms with Crippen molar-refractivity contribution < 1.29 is 14.3 Å². The normalized spacial score (nSPS) is 14.9. The Balaban J connectivity index is 1.46. The molecule has 1 atom stereocenters. The van der Waals surface area contributed by atoms with Crippen LogP contribution in [0.15, 0.2) is 78.9 Å². The third-order valence-corrected chi connectivity index (χ3v) is 6.44. The van der Waals surface area contributed by atoms with Crippen LogP contribution in [0.1, 0.15) is 29.7 Å². The van der Waals surface area contributed by atoms with E-state index in [1.807, 2.05) is 97.6 Å². The quantitative estimate of drug-likeness (QED) is 0.527. The molecule has 0 saturated carbocycles. The first-order valence-corrected chi connectivity index (χ1v) is 12.2. The first-order valence-electron chi connectivity index (χ1n) is 12.2. The lowest BCUT2D eigenvalue weighted by Crippen LogP contribution is -2.52. The molecule has 0 bridgehead atoms. The number of hydrogen-bond acceptors (Lipinski definition) is 4. The number of carbonyl (C=O) groups excluding carboxylic acids is 2. The van der Waals surface area contributed by atoms with Crippen LogP contribution in [-0.4, -0.2) is 54.4 Å². The molecule has 4 rings (SSSR count). The largest absolute Gasteiger partial charge is 0.492 e. The summed E-state index contributed by atoms with van der Waals surface area (Å²) in [5.41, 5.74) is 3.79. The van der Waals surface area contributed by atoms with Gasteiger partial charge in [0.15, 0.2) is 0 Å². The fourth-order valence-corrected chi connectivity index (χ4v) is 4.53. The zero-order valence-electron chi connectivity index (χ0n) is 20.4. The van der Waals surface area contributed by atoms with Gasteiger partial charge in [-0.3, -0.25) is 14.5 Å². The molecule has 0 radical (unpaired) electrons. The number of para-hydroxylation sites is 2. The number of rotatable bonds is 8. The minimum atomic E-state index is -0.459. The lowest BCUT2D eigenvalue weighted by Gasteiger charge is -2.39. The van der Waals surface area contributed by atoms with Crippen molar-refractivity contribution in [3.63, 3.8) is 0 Å². The average Bonchev–Trinajstić information content (AvgIpc) is 2.88. The van der Waals surface area contributed by atoms with Gasteiger partial charge >= 0.3 is 0 Å². The number of anilines is 1. The van der Waals surface area contributed by atoms with Crippen LogP contribution in [-0.2, 0) is 16.0 Å². The van der Waals surface area contributed by atoms with Gasteiger partial charge in [-0.05, 0) is 42.7 Å². The summed E-state index contributed by atoms with van der Waals surface area (Å²) in [7, 11) is 0. The van der Waals surface area contributed by atoms with Gasteiger partial charge in [-0.1, -0.05) is 66.7 Å². The summed E-state index contributed by atoms with van der Waals surface area (Å²) in [5, 5.41) is 3.08. The first kappa shape index (κ1) is 24.5. The molecule has 1 fully saturated rings. The molecule has 2 amide bonds. The molecular weight excluding hydrogens is 438 g/mol. The third-order valence-electron chi connectivity index (χ3n) is 6.44. The number of benzene rings is 3. The van der Waals surface area contributed by atoms with Crippen LogP contribution in [0.25, 0.3) is 0 Å². The van der Waals surface area contributed by atoms with Gasteiger partial charge in [-0.2, -0.15) is 0 Å². The van der Waals surface area contributed by atoms with Crippen molar-refractivity contribution in [2.24, 2.45) is 0 Å². The number of aryl methyl sites for hydroxylation is 1. The number of hydrogen-bond donors (Lipinski definition) is 1. The highest BCUT2D eigenvalue weighted by atomic mass is 16.5. The van der Waals surface area contributed by atoms with Crippen molar-refractivity contribution in [1.82, 2.24) is 9.80 Å². The van der Waals surface area contributed by atoms with Crippen LogP contribution >= 0.6 is 0 Å². The van der Waals surface area contributed by atoms with Gasteiger partial charge in [0.1, 0.15) is 11.8 Å². The van der Waals surface area contributed by atoms with E-state index in [4.69, 9.17) is 4.74 Å². The van der Waals surface area contributed by atoms with Gasteiger partial charge in [0.25, 0.3) is 0 Å². The average molecular weight is 472 g/mol. The highest BCUT2D eigenvalue weighted by molar-refractivity contribution is 5.96. The van der Waals surface area contributed by atoms with E-state index in [0.717, 1.165) is 16.7 Å². The van der Waals surface area contributed by atoms with Crippen molar-refractivity contribution >= 4 is 17.5 Å². The van der Waals surface area contributed by atoms with E-state index in [1.165, 1.54) is 0 Å². The summed E-state index contributed by atoms with van der Waals surface area (Å²) in [6, 6.07) is 24.8. The molecule has 3 aromatic carbocycles. The Hall–Kier alpha value is -3.64. The summed E-state index contributed by atoms with van der Waals surface area (Å²) in [5.74, 6) is 0.676. The maximum Gasteiger partial charge on any atom is 0.246 e. The fraction of sp³-hybridized carbons (Fsp3) is 0.310. The van der Waals surface area contributed by atoms with Gasteiger partial charge in [0.2, 0.25) is 11.8 Å². The molecule has 1 unspecified atom stereocenters. The number of ether oxygens (including phenoxy) is 1. The first-order chi connectivity index (χ1) is 17.1. The molecule has 0 aromatic heterocycles. The molecule has 1 aliphatic rings. The zero-order valence-corrected chi connectivity index (χ0v) is 20.4. The Morgan fingerprint density at radius 3 is 2.26 bits per heavy atom. The van der Waals surface area contributed by atoms with Crippen LogP contribution in [0.5, 0.6) is 5.75 Å². The molecular formula is C29H33N3O3. The number of nitrogens with one attached hydrogen (secondary N) is 1. The molecule has 0 spiro atoms. The maximum atomic E-state index is 13.6. The van der Waals surface area contributed by atoms with Gasteiger partial charge in [0.05, 0.1) is 18.7 Å². The third kappa shape index (κ3) is 6.08. The molecule has 1 saturated heterocycles. The summed E-state index contributed by atoms with van der Waals surface area (Å²) in [4.78, 5) is 30.6. The van der Waals surface area contributed by atoms with Crippen molar-refractivity contribution in [2.45, 2.75) is 26.3 Å². The number of amides is 2. The fourth-order valence-electron chi connectivity index (χ4n) is 4.53. The second-order valence-electron chi connectivity index (χ2n) is 8.75. The highest BCUT2D eigenvalue weighted by Gasteiger charge is 2.32. The zero-order chi connectivity index (χ0) is 24.6. The summed E-state index contributed by atoms with van der Waals surface area (Å²) in [6.45, 7) is 6.92. The second-order valence-corrected chi connectivity index (χ2v) is 8.75. The van der Waals surface area contributed by atoms with Crippen molar-refractivity contribution in [2.75, 3.05) is 38.1 Å². The Bertz CT molecular complexity index is 1140. The Kier molecular flexibility index (Phi) is 8.16. The predicted molar refractivity (Wildman–Crippen MR) is 138 cm³/mol. The van der Waals surface area contributed by atoms with Gasteiger partial charge in [-0.25, -0.2) is 0 Å². The van der Waals surface area contributed by atoms with E-state index in [2.05, 4.69) is 10.2 Å². The monoisotopic (exact) mass is 471 g/mol. The number of nitrogens with zero attached hydrogens (tertiary/aromatic N) is 2. The van der Waals surface area contributed by atoms with Gasteiger partial charge in [-0.15, -0.1) is 0 Å². The van der Waals surface area contributed by atoms with E-state index in [9.17, 15) is 9.59 Å². The summed E-state index contributed by atoms with van der Waals surface area (Å²) < 4.78 is 5.69. The Morgan fingerprint density at radius 1 is 0.886 bits per heavy atom. The van der Waals surface area contributed by atoms with E-state index >= 15 is 0 Å². The molecule has 35 heavy (non-hydrogen) atoms. The second kappa shape index (κ2) is 11.7. The van der Waals surface area contributed by atoms with Crippen molar-refractivity contribution in [1.29, 1.82) is 0 Å². The number of carbonyl (C=O) groups is 2. The van der Waals surface area contributed by atoms with Gasteiger partial charge in [0, 0.05) is 26.2 Å². The smallest absolute Gasteiger partial charge is 0.246 e. The minimum absolute atomic E-state index is 0.108. The van der Waals surface area contributed by atoms with E-state index in [-0.39, 0.29) is 11.8 Å². The van der Waals surface area contributed by atoms with Crippen molar-refractivity contribution in [3.8, 4) is 5.75 Å². The Morgan fingerprint density at radius 2 is 1.54 bits per heavy atom. The molecule has 6 nitrogen and oxygen atoms in total. The SMILES string of the molecule is CCOc1ccccc1NC(=O)C(c1ccccc1)N1CCN(C(=O)Cc2ccccc2C)CC1. The van der Waals surface area contributed by atoms with Crippen LogP contribution in [0.4, 0.5) is 5.69 Å². The van der Waals surface area contributed by atoms with Crippen LogP contribution in [0.3, 0.4) is 0 Å². The maximum absolute atomic E-state index is 13.6. The molecule has 182 valence electrons. The molecule has 1 N–H and O–H groups in total. The lowest BCUT2D eigenvalue weighted by atomic mass is 10.0. The topological polar surface area (TPSA) is 61.9 Å². The Labute approximate surface area is 207 Å². The predicted octanol–water partition coefficient (Wildman–Crippen LogP) is 4.46. The van der Waals surface area contributed by atoms with Crippen LogP contribution in [0, 0.1) is 6.92 Å². The van der Waals surface area contributed by atoms with Crippen molar-refractivity contribution in [3.05, 3.63) is 95.6 Å². The summed E-state index contributed by atoms with van der Waals surface area (Å²) >= 11 is 0. The lowest BCUT2D eigenvalue weighted by molar-refractivity contribution is -0.133. The summed E-state index contributed by atoms with van der Waals surface area (Å²) in [6.07, 6.45) is 0.406. The van der Waals surface area contributed by atoms with Crippen LogP contribution in [0.2, 0.25) is 0 Å².